The lowest BCUT2D eigenvalue weighted by atomic mass is 10.1. The number of halogens is 1. The molecular formula is C24H21BrN2O5S. The van der Waals surface area contributed by atoms with Crippen molar-refractivity contribution in [3.05, 3.63) is 56.4 Å². The van der Waals surface area contributed by atoms with Crippen LogP contribution in [0.4, 0.5) is 10.5 Å². The maximum atomic E-state index is 12.8. The number of carbonyl (C=O) groups is 3. The van der Waals surface area contributed by atoms with Gasteiger partial charge in [-0.05, 0) is 82.5 Å². The predicted octanol–water partition coefficient (Wildman–Crippen LogP) is 4.76. The van der Waals surface area contributed by atoms with E-state index in [9.17, 15) is 14.4 Å². The predicted molar refractivity (Wildman–Crippen MR) is 132 cm³/mol. The number of ether oxygens (including phenoxy) is 2. The highest BCUT2D eigenvalue weighted by Crippen LogP contribution is 2.39. The van der Waals surface area contributed by atoms with E-state index in [1.54, 1.807) is 18.2 Å². The first-order chi connectivity index (χ1) is 15.7. The van der Waals surface area contributed by atoms with E-state index in [2.05, 4.69) is 27.2 Å². The van der Waals surface area contributed by atoms with Gasteiger partial charge in [-0.1, -0.05) is 18.1 Å². The molecule has 1 fully saturated rings. The number of hydrogen-bond acceptors (Lipinski definition) is 6. The van der Waals surface area contributed by atoms with Crippen molar-refractivity contribution < 1.29 is 23.9 Å². The number of amides is 3. The molecule has 170 valence electrons. The van der Waals surface area contributed by atoms with Crippen molar-refractivity contribution in [1.82, 2.24) is 4.90 Å². The topological polar surface area (TPSA) is 84.9 Å². The highest BCUT2D eigenvalue weighted by Gasteiger charge is 2.36. The van der Waals surface area contributed by atoms with Crippen LogP contribution in [0.1, 0.15) is 16.7 Å². The van der Waals surface area contributed by atoms with Gasteiger partial charge in [0.05, 0.1) is 16.5 Å². The molecule has 2 aromatic carbocycles. The van der Waals surface area contributed by atoms with Crippen LogP contribution in [0.25, 0.3) is 6.08 Å². The molecule has 0 saturated carbocycles. The number of hydrogen-bond donors (Lipinski definition) is 1. The molecule has 1 heterocycles. The molecule has 1 saturated heterocycles. The van der Waals surface area contributed by atoms with Crippen LogP contribution in [0.3, 0.4) is 0 Å². The summed E-state index contributed by atoms with van der Waals surface area (Å²) in [6.45, 7) is 3.48. The third kappa shape index (κ3) is 5.78. The van der Waals surface area contributed by atoms with Gasteiger partial charge in [-0.2, -0.15) is 0 Å². The lowest BCUT2D eigenvalue weighted by molar-refractivity contribution is -0.127. The van der Waals surface area contributed by atoms with E-state index in [4.69, 9.17) is 15.9 Å². The Bertz CT molecular complexity index is 1200. The van der Waals surface area contributed by atoms with Gasteiger partial charge in [0.25, 0.3) is 11.1 Å². The summed E-state index contributed by atoms with van der Waals surface area (Å²) in [6, 6.07) is 9.05. The molecule has 1 N–H and O–H groups in total. The zero-order chi connectivity index (χ0) is 24.1. The second kappa shape index (κ2) is 10.6. The summed E-state index contributed by atoms with van der Waals surface area (Å²) in [5.41, 5.74) is 3.13. The van der Waals surface area contributed by atoms with E-state index in [0.717, 1.165) is 27.8 Å². The third-order valence-corrected chi connectivity index (χ3v) is 6.19. The smallest absolute Gasteiger partial charge is 0.294 e. The first-order valence-electron chi connectivity index (χ1n) is 9.79. The molecule has 3 rings (SSSR count). The molecule has 2 aromatic rings. The number of thioether (sulfide) groups is 1. The van der Waals surface area contributed by atoms with Crippen LogP contribution < -0.4 is 14.8 Å². The number of carbonyl (C=O) groups excluding carboxylic acids is 3. The maximum Gasteiger partial charge on any atom is 0.294 e. The van der Waals surface area contributed by atoms with Crippen molar-refractivity contribution >= 4 is 56.5 Å². The van der Waals surface area contributed by atoms with Crippen LogP contribution in [0.5, 0.6) is 11.5 Å². The van der Waals surface area contributed by atoms with E-state index < -0.39 is 17.1 Å². The molecule has 0 atom stereocenters. The Hall–Kier alpha value is -3.22. The number of anilines is 1. The van der Waals surface area contributed by atoms with Crippen molar-refractivity contribution in [2.45, 2.75) is 13.8 Å². The molecule has 0 unspecified atom stereocenters. The number of aryl methyl sites for hydroxylation is 2. The van der Waals surface area contributed by atoms with Crippen molar-refractivity contribution in [2.75, 3.05) is 25.6 Å². The molecule has 7 nitrogen and oxygen atoms in total. The van der Waals surface area contributed by atoms with Gasteiger partial charge in [-0.3, -0.25) is 19.3 Å². The lowest BCUT2D eigenvalue weighted by Crippen LogP contribution is -2.36. The van der Waals surface area contributed by atoms with Crippen molar-refractivity contribution in [2.24, 2.45) is 0 Å². The molecule has 0 spiro atoms. The van der Waals surface area contributed by atoms with E-state index in [-0.39, 0.29) is 18.1 Å². The van der Waals surface area contributed by atoms with E-state index in [1.165, 1.54) is 7.11 Å². The number of rotatable bonds is 7. The Balaban J connectivity index is 1.77. The second-order valence-corrected chi connectivity index (χ2v) is 9.01. The molecule has 1 aliphatic heterocycles. The van der Waals surface area contributed by atoms with Gasteiger partial charge in [-0.15, -0.1) is 6.42 Å². The molecule has 0 aliphatic carbocycles. The number of terminal acetylenes is 1. The van der Waals surface area contributed by atoms with E-state index in [1.807, 2.05) is 32.0 Å². The average Bonchev–Trinajstić information content (AvgIpc) is 3.02. The van der Waals surface area contributed by atoms with Gasteiger partial charge in [0.15, 0.2) is 11.5 Å². The molecule has 0 aromatic heterocycles. The van der Waals surface area contributed by atoms with Crippen LogP contribution in [0.15, 0.2) is 39.7 Å². The fraction of sp³-hybridized carbons (Fsp3) is 0.208. The van der Waals surface area contributed by atoms with Crippen LogP contribution in [0, 0.1) is 26.2 Å². The Labute approximate surface area is 204 Å². The zero-order valence-corrected chi connectivity index (χ0v) is 20.6. The van der Waals surface area contributed by atoms with Crippen molar-refractivity contribution in [1.29, 1.82) is 0 Å². The van der Waals surface area contributed by atoms with Gasteiger partial charge in [0.2, 0.25) is 5.91 Å². The van der Waals surface area contributed by atoms with Gasteiger partial charge in [-0.25, -0.2) is 0 Å². The lowest BCUT2D eigenvalue weighted by Gasteiger charge is -2.14. The molecule has 0 radical (unpaired) electrons. The minimum Gasteiger partial charge on any atom is -0.493 e. The van der Waals surface area contributed by atoms with Crippen LogP contribution in [-0.2, 0) is 9.59 Å². The van der Waals surface area contributed by atoms with Crippen LogP contribution in [0.2, 0.25) is 0 Å². The number of imide groups is 1. The fourth-order valence-electron chi connectivity index (χ4n) is 3.07. The zero-order valence-electron chi connectivity index (χ0n) is 18.2. The Kier molecular flexibility index (Phi) is 7.84. The Morgan fingerprint density at radius 3 is 2.73 bits per heavy atom. The molecule has 1 aliphatic rings. The Morgan fingerprint density at radius 1 is 1.27 bits per heavy atom. The average molecular weight is 529 g/mol. The number of benzene rings is 2. The molecule has 0 bridgehead atoms. The van der Waals surface area contributed by atoms with Crippen LogP contribution >= 0.6 is 27.7 Å². The van der Waals surface area contributed by atoms with Crippen molar-refractivity contribution in [3.8, 4) is 23.8 Å². The summed E-state index contributed by atoms with van der Waals surface area (Å²) in [6.07, 6.45) is 6.80. The molecular weight excluding hydrogens is 508 g/mol. The standard InChI is InChI=1S/C24H21BrN2O5S/c1-5-8-32-22-17(25)10-16(11-19(22)31-4)12-20-23(29)27(24(30)33-20)13-21(28)26-18-9-14(2)6-7-15(18)3/h1,6-7,9-12H,8,13H2,2-4H3,(H,26,28)/b20-12-. The van der Waals surface area contributed by atoms with Gasteiger partial charge in [0.1, 0.15) is 13.2 Å². The normalized spacial score (nSPS) is 14.4. The van der Waals surface area contributed by atoms with Gasteiger partial charge < -0.3 is 14.8 Å². The number of nitrogens with one attached hydrogen (secondary N) is 1. The van der Waals surface area contributed by atoms with Gasteiger partial charge in [0, 0.05) is 5.69 Å². The summed E-state index contributed by atoms with van der Waals surface area (Å²) < 4.78 is 11.4. The summed E-state index contributed by atoms with van der Waals surface area (Å²) in [4.78, 5) is 38.9. The Morgan fingerprint density at radius 2 is 2.03 bits per heavy atom. The molecule has 33 heavy (non-hydrogen) atoms. The molecule has 9 heteroatoms. The second-order valence-electron chi connectivity index (χ2n) is 7.16. The SMILES string of the molecule is C#CCOc1c(Br)cc(/C=C2\SC(=O)N(CC(=O)Nc3cc(C)ccc3C)C2=O)cc1OC. The first-order valence-corrected chi connectivity index (χ1v) is 11.4. The quantitative estimate of drug-likeness (QED) is 0.411. The van der Waals surface area contributed by atoms with E-state index in [0.29, 0.717) is 27.2 Å². The number of methoxy groups -OCH3 is 1. The summed E-state index contributed by atoms with van der Waals surface area (Å²) in [5.74, 6) is 2.24. The number of nitrogens with zero attached hydrogens (tertiary/aromatic N) is 1. The highest BCUT2D eigenvalue weighted by molar-refractivity contribution is 9.10. The summed E-state index contributed by atoms with van der Waals surface area (Å²) in [7, 11) is 1.48. The minimum absolute atomic E-state index is 0.0668. The van der Waals surface area contributed by atoms with Crippen molar-refractivity contribution in [3.63, 3.8) is 0 Å². The minimum atomic E-state index is -0.538. The maximum absolute atomic E-state index is 12.8. The van der Waals surface area contributed by atoms with Crippen LogP contribution in [-0.4, -0.2) is 42.2 Å². The highest BCUT2D eigenvalue weighted by atomic mass is 79.9. The first kappa shape index (κ1) is 24.4. The largest absolute Gasteiger partial charge is 0.493 e. The van der Waals surface area contributed by atoms with Gasteiger partial charge >= 0.3 is 0 Å². The third-order valence-electron chi connectivity index (χ3n) is 4.69. The van der Waals surface area contributed by atoms with E-state index >= 15 is 0 Å². The monoisotopic (exact) mass is 528 g/mol. The fourth-order valence-corrected chi connectivity index (χ4v) is 4.48. The summed E-state index contributed by atoms with van der Waals surface area (Å²) in [5, 5.41) is 2.25. The summed E-state index contributed by atoms with van der Waals surface area (Å²) >= 11 is 4.18. The molecule has 3 amide bonds.